The van der Waals surface area contributed by atoms with Crippen LogP contribution in [-0.4, -0.2) is 75.3 Å². The molecule has 0 fully saturated rings. The molecule has 12 nitrogen and oxygen atoms in total. The molecule has 6 atom stereocenters. The molecule has 0 rings (SSSR count). The third kappa shape index (κ3) is 9.60. The number of nitrogens with one attached hydrogen (secondary N) is 3. The number of hydrogen-bond acceptors (Lipinski definition) is 7. The van der Waals surface area contributed by atoms with Gasteiger partial charge in [-0.3, -0.25) is 19.2 Å². The van der Waals surface area contributed by atoms with E-state index in [9.17, 15) is 34.2 Å². The second kappa shape index (κ2) is 13.6. The minimum Gasteiger partial charge on any atom is -0.481 e. The molecular weight excluding hydrogens is 424 g/mol. The molecule has 3 amide bonds. The average molecular weight is 461 g/mol. The zero-order valence-electron chi connectivity index (χ0n) is 19.1. The fraction of sp³-hybridized carbons (Fsp3) is 0.750. The van der Waals surface area contributed by atoms with Gasteiger partial charge in [-0.2, -0.15) is 0 Å². The van der Waals surface area contributed by atoms with Crippen LogP contribution in [0.4, 0.5) is 0 Å². The summed E-state index contributed by atoms with van der Waals surface area (Å²) in [5, 5.41) is 35.0. The summed E-state index contributed by atoms with van der Waals surface area (Å²) in [5.74, 6) is -5.69. The third-order valence-electron chi connectivity index (χ3n) is 5.13. The van der Waals surface area contributed by atoms with Gasteiger partial charge in [-0.15, -0.1) is 0 Å². The van der Waals surface area contributed by atoms with E-state index in [2.05, 4.69) is 16.0 Å². The van der Waals surface area contributed by atoms with Crippen molar-refractivity contribution in [2.75, 3.05) is 0 Å². The summed E-state index contributed by atoms with van der Waals surface area (Å²) in [6.45, 7) is 7.98. The zero-order chi connectivity index (χ0) is 25.2. The van der Waals surface area contributed by atoms with E-state index in [1.807, 2.05) is 0 Å². The number of carbonyl (C=O) groups is 5. The Morgan fingerprint density at radius 1 is 0.844 bits per heavy atom. The zero-order valence-corrected chi connectivity index (χ0v) is 19.1. The van der Waals surface area contributed by atoms with Crippen LogP contribution in [0.15, 0.2) is 0 Å². The van der Waals surface area contributed by atoms with Crippen molar-refractivity contribution in [2.45, 2.75) is 84.2 Å². The van der Waals surface area contributed by atoms with Crippen molar-refractivity contribution in [3.8, 4) is 0 Å². The van der Waals surface area contributed by atoms with E-state index in [4.69, 9.17) is 10.8 Å². The lowest BCUT2D eigenvalue weighted by atomic mass is 9.98. The second-order valence-electron chi connectivity index (χ2n) is 8.20. The molecule has 0 bridgehead atoms. The SMILES string of the molecule is CCC(C)C(NC(=O)C(CCC(=O)O)NC(=O)C(NC(=O)C(N)C(C)O)C(C)C)C(=O)O. The first-order chi connectivity index (χ1) is 14.7. The van der Waals surface area contributed by atoms with Crippen LogP contribution in [-0.2, 0) is 24.0 Å². The maximum atomic E-state index is 12.8. The van der Waals surface area contributed by atoms with Gasteiger partial charge in [0, 0.05) is 6.42 Å². The van der Waals surface area contributed by atoms with E-state index in [-0.39, 0.29) is 6.42 Å². The highest BCUT2D eigenvalue weighted by Crippen LogP contribution is 2.10. The van der Waals surface area contributed by atoms with Crippen molar-refractivity contribution in [2.24, 2.45) is 17.6 Å². The van der Waals surface area contributed by atoms with Gasteiger partial charge >= 0.3 is 11.9 Å². The Morgan fingerprint density at radius 3 is 1.78 bits per heavy atom. The third-order valence-corrected chi connectivity index (χ3v) is 5.13. The van der Waals surface area contributed by atoms with Gasteiger partial charge in [-0.25, -0.2) is 4.79 Å². The number of carbonyl (C=O) groups excluding carboxylic acids is 3. The first-order valence-electron chi connectivity index (χ1n) is 10.5. The van der Waals surface area contributed by atoms with Crippen LogP contribution in [0.2, 0.25) is 0 Å². The molecule has 0 aliphatic carbocycles. The smallest absolute Gasteiger partial charge is 0.326 e. The highest BCUT2D eigenvalue weighted by molar-refractivity contribution is 5.94. The van der Waals surface area contributed by atoms with Gasteiger partial charge < -0.3 is 37.0 Å². The standard InChI is InChI=1S/C20H36N4O8/c1-6-10(4)16(20(31)32)24-17(28)12(7-8-13(26)27)22-19(30)15(9(2)3)23-18(29)14(21)11(5)25/h9-12,14-16,25H,6-8,21H2,1-5H3,(H,22,30)(H,23,29)(H,24,28)(H,26,27)(H,31,32). The Hall–Kier alpha value is -2.73. The van der Waals surface area contributed by atoms with E-state index in [1.54, 1.807) is 27.7 Å². The lowest BCUT2D eigenvalue weighted by Crippen LogP contribution is -2.59. The van der Waals surface area contributed by atoms with Crippen molar-refractivity contribution >= 4 is 29.7 Å². The quantitative estimate of drug-likeness (QED) is 0.166. The molecule has 0 aromatic heterocycles. The normalized spacial score (nSPS) is 16.8. The monoisotopic (exact) mass is 460 g/mol. The van der Waals surface area contributed by atoms with Crippen LogP contribution in [0.25, 0.3) is 0 Å². The number of nitrogens with two attached hydrogens (primary N) is 1. The Bertz CT molecular complexity index is 683. The van der Waals surface area contributed by atoms with Crippen LogP contribution < -0.4 is 21.7 Å². The molecular formula is C20H36N4O8. The van der Waals surface area contributed by atoms with Gasteiger partial charge in [0.15, 0.2) is 0 Å². The number of rotatable bonds is 14. The fourth-order valence-corrected chi connectivity index (χ4v) is 2.74. The maximum absolute atomic E-state index is 12.8. The second-order valence-corrected chi connectivity index (χ2v) is 8.20. The van der Waals surface area contributed by atoms with E-state index >= 15 is 0 Å². The molecule has 0 saturated carbocycles. The number of carboxylic acid groups (broad SMARTS) is 2. The van der Waals surface area contributed by atoms with Gasteiger partial charge in [0.2, 0.25) is 17.7 Å². The van der Waals surface area contributed by atoms with Gasteiger partial charge in [0.05, 0.1) is 6.10 Å². The lowest BCUT2D eigenvalue weighted by Gasteiger charge is -2.28. The lowest BCUT2D eigenvalue weighted by molar-refractivity contribution is -0.144. The van der Waals surface area contributed by atoms with E-state index in [0.29, 0.717) is 6.42 Å². The summed E-state index contributed by atoms with van der Waals surface area (Å²) >= 11 is 0. The number of amides is 3. The number of aliphatic hydroxyl groups is 1. The molecule has 32 heavy (non-hydrogen) atoms. The summed E-state index contributed by atoms with van der Waals surface area (Å²) in [6, 6.07) is -4.96. The largest absolute Gasteiger partial charge is 0.481 e. The summed E-state index contributed by atoms with van der Waals surface area (Å²) in [5.41, 5.74) is 5.58. The molecule has 0 heterocycles. The molecule has 0 aliphatic rings. The molecule has 0 spiro atoms. The van der Waals surface area contributed by atoms with Gasteiger partial charge in [0.1, 0.15) is 24.2 Å². The fourth-order valence-electron chi connectivity index (χ4n) is 2.74. The first kappa shape index (κ1) is 29.3. The molecule has 0 aliphatic heterocycles. The minimum absolute atomic E-state index is 0.286. The van der Waals surface area contributed by atoms with E-state index in [1.165, 1.54) is 6.92 Å². The average Bonchev–Trinajstić information content (AvgIpc) is 2.70. The predicted molar refractivity (Wildman–Crippen MR) is 114 cm³/mol. The van der Waals surface area contributed by atoms with Crippen molar-refractivity contribution in [3.05, 3.63) is 0 Å². The summed E-state index contributed by atoms with van der Waals surface area (Å²) in [4.78, 5) is 60.2. The topological polar surface area (TPSA) is 208 Å². The maximum Gasteiger partial charge on any atom is 0.326 e. The van der Waals surface area contributed by atoms with Crippen LogP contribution >= 0.6 is 0 Å². The van der Waals surface area contributed by atoms with E-state index < -0.39 is 78.2 Å². The molecule has 8 N–H and O–H groups in total. The molecule has 0 aromatic rings. The summed E-state index contributed by atoms with van der Waals surface area (Å²) < 4.78 is 0. The van der Waals surface area contributed by atoms with Crippen molar-refractivity contribution in [1.29, 1.82) is 0 Å². The number of aliphatic carboxylic acids is 2. The number of aliphatic hydroxyl groups excluding tert-OH is 1. The predicted octanol–water partition coefficient (Wildman–Crippen LogP) is -1.20. The highest BCUT2D eigenvalue weighted by atomic mass is 16.4. The Balaban J connectivity index is 5.57. The van der Waals surface area contributed by atoms with Gasteiger partial charge in [-0.05, 0) is 25.2 Å². The molecule has 184 valence electrons. The van der Waals surface area contributed by atoms with E-state index in [0.717, 1.165) is 0 Å². The Labute approximate surface area is 187 Å². The summed E-state index contributed by atoms with van der Waals surface area (Å²) in [6.07, 6.45) is -1.43. The van der Waals surface area contributed by atoms with Crippen LogP contribution in [0.1, 0.15) is 53.9 Å². The molecule has 0 radical (unpaired) electrons. The van der Waals surface area contributed by atoms with Crippen molar-refractivity contribution in [1.82, 2.24) is 16.0 Å². The Kier molecular flexibility index (Phi) is 12.5. The van der Waals surface area contributed by atoms with Gasteiger partial charge in [0.25, 0.3) is 0 Å². The summed E-state index contributed by atoms with van der Waals surface area (Å²) in [7, 11) is 0. The molecule has 0 saturated heterocycles. The van der Waals surface area contributed by atoms with Crippen molar-refractivity contribution in [3.63, 3.8) is 0 Å². The number of carboxylic acids is 2. The van der Waals surface area contributed by atoms with Crippen LogP contribution in [0.5, 0.6) is 0 Å². The van der Waals surface area contributed by atoms with Crippen LogP contribution in [0, 0.1) is 11.8 Å². The Morgan fingerprint density at radius 2 is 1.38 bits per heavy atom. The first-order valence-corrected chi connectivity index (χ1v) is 10.5. The number of hydrogen-bond donors (Lipinski definition) is 7. The van der Waals surface area contributed by atoms with Gasteiger partial charge in [-0.1, -0.05) is 34.1 Å². The van der Waals surface area contributed by atoms with Crippen LogP contribution in [0.3, 0.4) is 0 Å². The van der Waals surface area contributed by atoms with Crippen molar-refractivity contribution < 1.29 is 39.3 Å². The molecule has 6 unspecified atom stereocenters. The molecule has 12 heteroatoms. The molecule has 0 aromatic carbocycles. The minimum atomic E-state index is -1.34. The highest BCUT2D eigenvalue weighted by Gasteiger charge is 2.33.